The number of rotatable bonds is 2. The van der Waals surface area contributed by atoms with Crippen LogP contribution in [0.1, 0.15) is 10.4 Å². The van der Waals surface area contributed by atoms with Crippen LogP contribution >= 0.6 is 0 Å². The van der Waals surface area contributed by atoms with Gasteiger partial charge in [-0.05, 0) is 0 Å². The summed E-state index contributed by atoms with van der Waals surface area (Å²) in [6.45, 7) is 0. The molecule has 0 aliphatic rings. The number of nitrogens with one attached hydrogen (secondary N) is 2. The zero-order valence-corrected chi connectivity index (χ0v) is 8.18. The second kappa shape index (κ2) is 4.35. The Hall–Kier alpha value is -2.50. The molecule has 2 aromatic heterocycles. The minimum atomic E-state index is -0.512. The number of carbonyl (C=O) groups excluding carboxylic acids is 1. The van der Waals surface area contributed by atoms with E-state index in [1.165, 1.54) is 37.1 Å². The van der Waals surface area contributed by atoms with Crippen LogP contribution in [0.25, 0.3) is 0 Å². The van der Waals surface area contributed by atoms with Crippen molar-refractivity contribution in [1.82, 2.24) is 15.0 Å². The van der Waals surface area contributed by atoms with Crippen LogP contribution in [0.15, 0.2) is 41.8 Å². The number of hydrogen-bond acceptors (Lipinski definition) is 4. The number of nitrogens with zero attached hydrogens (tertiary/aromatic N) is 2. The molecule has 2 rings (SSSR count). The molecule has 0 spiro atoms. The first-order valence-corrected chi connectivity index (χ1v) is 4.52. The molecule has 0 aliphatic carbocycles. The molecule has 6 nitrogen and oxygen atoms in total. The van der Waals surface area contributed by atoms with E-state index in [-0.39, 0.29) is 11.0 Å². The van der Waals surface area contributed by atoms with Gasteiger partial charge in [-0.3, -0.25) is 14.6 Å². The molecule has 0 atom stereocenters. The highest BCUT2D eigenvalue weighted by molar-refractivity contribution is 6.03. The Labute approximate surface area is 90.4 Å². The number of H-pyrrole nitrogens is 1. The third-order valence-corrected chi connectivity index (χ3v) is 1.87. The van der Waals surface area contributed by atoms with Crippen molar-refractivity contribution in [2.75, 3.05) is 5.32 Å². The first-order chi connectivity index (χ1) is 7.77. The summed E-state index contributed by atoms with van der Waals surface area (Å²) in [5.74, 6) is -0.210. The van der Waals surface area contributed by atoms with Crippen molar-refractivity contribution in [3.8, 4) is 0 Å². The van der Waals surface area contributed by atoms with Gasteiger partial charge in [-0.15, -0.1) is 0 Å². The third-order valence-electron chi connectivity index (χ3n) is 1.87. The fourth-order valence-electron chi connectivity index (χ4n) is 1.14. The van der Waals surface area contributed by atoms with Crippen LogP contribution in [0.3, 0.4) is 0 Å². The first-order valence-electron chi connectivity index (χ1n) is 4.52. The Bertz CT molecular complexity index is 550. The van der Waals surface area contributed by atoms with E-state index in [0.717, 1.165) is 0 Å². The van der Waals surface area contributed by atoms with Gasteiger partial charge < -0.3 is 10.3 Å². The summed E-state index contributed by atoms with van der Waals surface area (Å²) in [6, 6.07) is 1.28. The molecule has 2 N–H and O–H groups in total. The standard InChI is InChI=1S/C10H8N4O2/c15-8-1-2-11-5-7(8)10(16)14-9-6-12-3-4-13-9/h1-6H,(H,11,15)(H,13,14,16). The summed E-state index contributed by atoms with van der Waals surface area (Å²) in [6.07, 6.45) is 7.14. The molecule has 0 aliphatic heterocycles. The number of aromatic nitrogens is 3. The fourth-order valence-corrected chi connectivity index (χ4v) is 1.14. The van der Waals surface area contributed by atoms with Gasteiger partial charge in [0.25, 0.3) is 5.91 Å². The van der Waals surface area contributed by atoms with Crippen LogP contribution in [-0.2, 0) is 0 Å². The first kappa shape index (κ1) is 10.0. The summed E-state index contributed by atoms with van der Waals surface area (Å²) in [5, 5.41) is 2.47. The van der Waals surface area contributed by atoms with Gasteiger partial charge in [-0.25, -0.2) is 4.98 Å². The Morgan fingerprint density at radius 1 is 1.38 bits per heavy atom. The van der Waals surface area contributed by atoms with Gasteiger partial charge in [0.05, 0.1) is 6.20 Å². The topological polar surface area (TPSA) is 87.7 Å². The van der Waals surface area contributed by atoms with Gasteiger partial charge in [0.1, 0.15) is 5.56 Å². The maximum Gasteiger partial charge on any atom is 0.262 e. The zero-order chi connectivity index (χ0) is 11.4. The van der Waals surface area contributed by atoms with Crippen LogP contribution in [0, 0.1) is 0 Å². The minimum Gasteiger partial charge on any atom is -0.367 e. The Morgan fingerprint density at radius 2 is 2.25 bits per heavy atom. The van der Waals surface area contributed by atoms with E-state index in [9.17, 15) is 9.59 Å². The molecule has 80 valence electrons. The minimum absolute atomic E-state index is 0.0353. The van der Waals surface area contributed by atoms with Gasteiger partial charge >= 0.3 is 0 Å². The Morgan fingerprint density at radius 3 is 2.94 bits per heavy atom. The lowest BCUT2D eigenvalue weighted by Crippen LogP contribution is -2.21. The Kier molecular flexibility index (Phi) is 2.73. The average molecular weight is 216 g/mol. The van der Waals surface area contributed by atoms with E-state index in [0.29, 0.717) is 5.82 Å². The number of hydrogen-bond donors (Lipinski definition) is 2. The lowest BCUT2D eigenvalue weighted by Gasteiger charge is -2.01. The van der Waals surface area contributed by atoms with Crippen LogP contribution in [0.5, 0.6) is 0 Å². The predicted molar refractivity (Wildman–Crippen MR) is 57.0 cm³/mol. The summed E-state index contributed by atoms with van der Waals surface area (Å²) in [5.41, 5.74) is -0.312. The molecule has 1 amide bonds. The predicted octanol–water partition coefficient (Wildman–Crippen LogP) is 0.417. The molecular formula is C10H8N4O2. The molecular weight excluding hydrogens is 208 g/mol. The van der Waals surface area contributed by atoms with Gasteiger partial charge in [0.15, 0.2) is 11.2 Å². The largest absolute Gasteiger partial charge is 0.367 e. The number of pyridine rings is 1. The summed E-state index contributed by atoms with van der Waals surface area (Å²) in [4.78, 5) is 33.3. The number of anilines is 1. The van der Waals surface area contributed by atoms with Crippen molar-refractivity contribution < 1.29 is 4.79 Å². The van der Waals surface area contributed by atoms with E-state index in [2.05, 4.69) is 20.3 Å². The van der Waals surface area contributed by atoms with E-state index < -0.39 is 5.91 Å². The quantitative estimate of drug-likeness (QED) is 0.761. The third kappa shape index (κ3) is 2.11. The zero-order valence-electron chi connectivity index (χ0n) is 8.18. The van der Waals surface area contributed by atoms with E-state index >= 15 is 0 Å². The maximum atomic E-state index is 11.6. The lowest BCUT2D eigenvalue weighted by molar-refractivity contribution is 0.102. The molecule has 0 saturated carbocycles. The van der Waals surface area contributed by atoms with Gasteiger partial charge in [0.2, 0.25) is 0 Å². The molecule has 0 aromatic carbocycles. The summed E-state index contributed by atoms with van der Waals surface area (Å²) < 4.78 is 0. The number of aromatic amines is 1. The van der Waals surface area contributed by atoms with Gasteiger partial charge in [-0.1, -0.05) is 0 Å². The molecule has 0 radical (unpaired) electrons. The van der Waals surface area contributed by atoms with Crippen molar-refractivity contribution in [2.24, 2.45) is 0 Å². The maximum absolute atomic E-state index is 11.6. The van der Waals surface area contributed by atoms with Crippen LogP contribution in [0.2, 0.25) is 0 Å². The molecule has 0 bridgehead atoms. The van der Waals surface area contributed by atoms with E-state index in [4.69, 9.17) is 0 Å². The monoisotopic (exact) mass is 216 g/mol. The van der Waals surface area contributed by atoms with Crippen molar-refractivity contribution in [3.05, 3.63) is 52.8 Å². The summed E-state index contributed by atoms with van der Waals surface area (Å²) in [7, 11) is 0. The molecule has 6 heteroatoms. The lowest BCUT2D eigenvalue weighted by atomic mass is 10.2. The highest BCUT2D eigenvalue weighted by atomic mass is 16.2. The SMILES string of the molecule is O=C(Nc1cnccn1)c1c[nH]ccc1=O. The molecule has 2 heterocycles. The number of carbonyl (C=O) groups is 1. The Balaban J connectivity index is 2.22. The molecule has 0 fully saturated rings. The van der Waals surface area contributed by atoms with Crippen LogP contribution < -0.4 is 10.7 Å². The normalized spacial score (nSPS) is 9.75. The van der Waals surface area contributed by atoms with Crippen LogP contribution in [0.4, 0.5) is 5.82 Å². The van der Waals surface area contributed by atoms with Crippen molar-refractivity contribution in [3.63, 3.8) is 0 Å². The van der Waals surface area contributed by atoms with Crippen molar-refractivity contribution in [1.29, 1.82) is 0 Å². The smallest absolute Gasteiger partial charge is 0.262 e. The second-order valence-electron chi connectivity index (χ2n) is 2.97. The highest BCUT2D eigenvalue weighted by Gasteiger charge is 2.09. The molecule has 0 saturated heterocycles. The molecule has 16 heavy (non-hydrogen) atoms. The van der Waals surface area contributed by atoms with Gasteiger partial charge in [0, 0.05) is 30.9 Å². The molecule has 2 aromatic rings. The van der Waals surface area contributed by atoms with Crippen molar-refractivity contribution >= 4 is 11.7 Å². The summed E-state index contributed by atoms with van der Waals surface area (Å²) >= 11 is 0. The fraction of sp³-hybridized carbons (Fsp3) is 0. The second-order valence-corrected chi connectivity index (χ2v) is 2.97. The molecule has 0 unspecified atom stereocenters. The average Bonchev–Trinajstić information content (AvgIpc) is 2.31. The van der Waals surface area contributed by atoms with E-state index in [1.807, 2.05) is 0 Å². The highest BCUT2D eigenvalue weighted by Crippen LogP contribution is 1.99. The van der Waals surface area contributed by atoms with Crippen LogP contribution in [-0.4, -0.2) is 20.9 Å². The van der Waals surface area contributed by atoms with Gasteiger partial charge in [-0.2, -0.15) is 0 Å². The number of amides is 1. The van der Waals surface area contributed by atoms with Crippen molar-refractivity contribution in [2.45, 2.75) is 0 Å². The van der Waals surface area contributed by atoms with E-state index in [1.54, 1.807) is 0 Å².